The number of pyridine rings is 1. The Balaban J connectivity index is 2.19. The molecule has 0 saturated heterocycles. The summed E-state index contributed by atoms with van der Waals surface area (Å²) in [6.07, 6.45) is 3.28. The first-order valence-corrected chi connectivity index (χ1v) is 7.84. The highest BCUT2D eigenvalue weighted by atomic mass is 35.5. The molecule has 0 radical (unpaired) electrons. The molecule has 1 atom stereocenters. The first-order valence-electron chi connectivity index (χ1n) is 5.16. The van der Waals surface area contributed by atoms with Crippen LogP contribution >= 0.6 is 22.9 Å². The smallest absolute Gasteiger partial charge is 0.250 e. The molecule has 2 rings (SSSR count). The Morgan fingerprint density at radius 3 is 2.72 bits per heavy atom. The van der Waals surface area contributed by atoms with Crippen LogP contribution in [0.4, 0.5) is 0 Å². The number of hydrogen-bond acceptors (Lipinski definition) is 4. The molecular weight excluding hydrogens is 292 g/mol. The highest BCUT2D eigenvalue weighted by Crippen LogP contribution is 2.26. The van der Waals surface area contributed by atoms with E-state index in [9.17, 15) is 8.42 Å². The molecule has 0 aromatic carbocycles. The van der Waals surface area contributed by atoms with Crippen molar-refractivity contribution in [3.05, 3.63) is 46.6 Å². The second-order valence-corrected chi connectivity index (χ2v) is 7.34. The van der Waals surface area contributed by atoms with Crippen LogP contribution in [0.25, 0.3) is 0 Å². The Bertz CT molecular complexity index is 626. The van der Waals surface area contributed by atoms with Crippen molar-refractivity contribution in [1.29, 1.82) is 0 Å². The largest absolute Gasteiger partial charge is 0.264 e. The molecule has 7 heteroatoms. The molecular formula is C11H11ClN2O2S2. The van der Waals surface area contributed by atoms with Gasteiger partial charge >= 0.3 is 0 Å². The van der Waals surface area contributed by atoms with Gasteiger partial charge in [-0.05, 0) is 30.7 Å². The van der Waals surface area contributed by atoms with Gasteiger partial charge in [-0.25, -0.2) is 13.1 Å². The van der Waals surface area contributed by atoms with E-state index >= 15 is 0 Å². The summed E-state index contributed by atoms with van der Waals surface area (Å²) >= 11 is 6.77. The van der Waals surface area contributed by atoms with Crippen molar-refractivity contribution in [2.45, 2.75) is 17.2 Å². The minimum absolute atomic E-state index is 0.211. The number of nitrogens with one attached hydrogen (secondary N) is 1. The summed E-state index contributed by atoms with van der Waals surface area (Å²) in [7, 11) is -3.53. The van der Waals surface area contributed by atoms with Gasteiger partial charge in [0, 0.05) is 18.4 Å². The van der Waals surface area contributed by atoms with E-state index in [-0.39, 0.29) is 10.3 Å². The molecule has 4 nitrogen and oxygen atoms in total. The normalized spacial score (nSPS) is 13.4. The Kier molecular flexibility index (Phi) is 4.01. The molecule has 0 aliphatic carbocycles. The number of hydrogen-bond donors (Lipinski definition) is 1. The van der Waals surface area contributed by atoms with Crippen LogP contribution in [0.2, 0.25) is 4.34 Å². The van der Waals surface area contributed by atoms with E-state index in [1.54, 1.807) is 31.5 Å². The highest BCUT2D eigenvalue weighted by molar-refractivity contribution is 7.91. The fourth-order valence-electron chi connectivity index (χ4n) is 1.43. The zero-order valence-corrected chi connectivity index (χ0v) is 11.9. The van der Waals surface area contributed by atoms with Crippen LogP contribution in [-0.2, 0) is 10.0 Å². The average Bonchev–Trinajstić information content (AvgIpc) is 2.77. The van der Waals surface area contributed by atoms with Crippen molar-refractivity contribution in [2.75, 3.05) is 0 Å². The fourth-order valence-corrected chi connectivity index (χ4v) is 4.16. The topological polar surface area (TPSA) is 59.1 Å². The first-order chi connectivity index (χ1) is 8.49. The monoisotopic (exact) mass is 302 g/mol. The summed E-state index contributed by atoms with van der Waals surface area (Å²) in [5, 5.41) is 0. The summed E-state index contributed by atoms with van der Waals surface area (Å²) < 4.78 is 27.3. The lowest BCUT2D eigenvalue weighted by Gasteiger charge is -2.13. The zero-order chi connectivity index (χ0) is 13.2. The number of halogens is 1. The lowest BCUT2D eigenvalue weighted by molar-refractivity contribution is 0.568. The van der Waals surface area contributed by atoms with Crippen molar-refractivity contribution in [3.63, 3.8) is 0 Å². The molecule has 0 aliphatic rings. The van der Waals surface area contributed by atoms with Crippen molar-refractivity contribution in [2.24, 2.45) is 0 Å². The molecule has 96 valence electrons. The summed E-state index contributed by atoms with van der Waals surface area (Å²) in [5.41, 5.74) is 0.809. The quantitative estimate of drug-likeness (QED) is 0.945. The number of rotatable bonds is 4. The van der Waals surface area contributed by atoms with Gasteiger partial charge in [0.05, 0.1) is 4.34 Å². The lowest BCUT2D eigenvalue weighted by atomic mass is 10.2. The van der Waals surface area contributed by atoms with Gasteiger partial charge < -0.3 is 0 Å². The Morgan fingerprint density at radius 1 is 1.39 bits per heavy atom. The zero-order valence-electron chi connectivity index (χ0n) is 9.50. The van der Waals surface area contributed by atoms with Gasteiger partial charge in [0.15, 0.2) is 0 Å². The Hall–Kier alpha value is -0.950. The molecule has 1 unspecified atom stereocenters. The number of aromatic nitrogens is 1. The van der Waals surface area contributed by atoms with Gasteiger partial charge in [0.2, 0.25) is 0 Å². The molecule has 0 bridgehead atoms. The fraction of sp³-hybridized carbons (Fsp3) is 0.182. The molecule has 2 aromatic rings. The van der Waals surface area contributed by atoms with E-state index in [4.69, 9.17) is 11.6 Å². The third-order valence-electron chi connectivity index (χ3n) is 2.33. The second-order valence-electron chi connectivity index (χ2n) is 3.69. The lowest BCUT2D eigenvalue weighted by Crippen LogP contribution is -2.26. The maximum absolute atomic E-state index is 12.0. The van der Waals surface area contributed by atoms with E-state index < -0.39 is 10.0 Å². The van der Waals surface area contributed by atoms with Gasteiger partial charge in [-0.2, -0.15) is 0 Å². The summed E-state index contributed by atoms with van der Waals surface area (Å²) in [5.74, 6) is 0. The maximum Gasteiger partial charge on any atom is 0.250 e. The molecule has 0 fully saturated rings. The third-order valence-corrected chi connectivity index (χ3v) is 5.59. The first kappa shape index (κ1) is 13.5. The van der Waals surface area contributed by atoms with Crippen LogP contribution in [0.15, 0.2) is 40.9 Å². The van der Waals surface area contributed by atoms with E-state index in [1.807, 2.05) is 6.07 Å². The molecule has 0 spiro atoms. The summed E-state index contributed by atoms with van der Waals surface area (Å²) in [6, 6.07) is 6.30. The molecule has 0 amide bonds. The standard InChI is InChI=1S/C11H11ClN2O2S2/c1-8(9-3-2-6-13-7-9)14-18(15,16)11-5-4-10(12)17-11/h2-8,14H,1H3. The van der Waals surface area contributed by atoms with E-state index in [2.05, 4.69) is 9.71 Å². The predicted octanol–water partition coefficient (Wildman–Crippen LogP) is 2.84. The van der Waals surface area contributed by atoms with Crippen LogP contribution in [0, 0.1) is 0 Å². The average molecular weight is 303 g/mol. The van der Waals surface area contributed by atoms with Crippen LogP contribution in [0.3, 0.4) is 0 Å². The van der Waals surface area contributed by atoms with Gasteiger partial charge in [0.1, 0.15) is 4.21 Å². The van der Waals surface area contributed by atoms with Crippen LogP contribution < -0.4 is 4.72 Å². The molecule has 2 heterocycles. The van der Waals surface area contributed by atoms with Crippen LogP contribution in [0.1, 0.15) is 18.5 Å². The van der Waals surface area contributed by atoms with E-state index in [0.29, 0.717) is 4.34 Å². The number of sulfonamides is 1. The van der Waals surface area contributed by atoms with Crippen molar-refractivity contribution in [3.8, 4) is 0 Å². The summed E-state index contributed by atoms with van der Waals surface area (Å²) in [6.45, 7) is 1.77. The molecule has 0 aliphatic heterocycles. The predicted molar refractivity (Wildman–Crippen MR) is 72.3 cm³/mol. The second kappa shape index (κ2) is 5.36. The maximum atomic E-state index is 12.0. The van der Waals surface area contributed by atoms with Gasteiger partial charge in [0.25, 0.3) is 10.0 Å². The SMILES string of the molecule is CC(NS(=O)(=O)c1ccc(Cl)s1)c1cccnc1. The molecule has 0 saturated carbocycles. The number of thiophene rings is 1. The molecule has 1 N–H and O–H groups in total. The van der Waals surface area contributed by atoms with Crippen LogP contribution in [0.5, 0.6) is 0 Å². The van der Waals surface area contributed by atoms with Crippen molar-refractivity contribution in [1.82, 2.24) is 9.71 Å². The van der Waals surface area contributed by atoms with Gasteiger partial charge in [-0.3, -0.25) is 4.98 Å². The third kappa shape index (κ3) is 3.08. The summed E-state index contributed by atoms with van der Waals surface area (Å²) in [4.78, 5) is 3.96. The minimum Gasteiger partial charge on any atom is -0.264 e. The minimum atomic E-state index is -3.53. The van der Waals surface area contributed by atoms with Crippen molar-refractivity contribution < 1.29 is 8.42 Å². The van der Waals surface area contributed by atoms with Crippen LogP contribution in [-0.4, -0.2) is 13.4 Å². The molecule has 18 heavy (non-hydrogen) atoms. The van der Waals surface area contributed by atoms with Gasteiger partial charge in [-0.15, -0.1) is 11.3 Å². The Labute approximate surface area is 115 Å². The number of nitrogens with zero attached hydrogens (tertiary/aromatic N) is 1. The Morgan fingerprint density at radius 2 is 2.17 bits per heavy atom. The van der Waals surface area contributed by atoms with E-state index in [0.717, 1.165) is 16.9 Å². The molecule has 2 aromatic heterocycles. The van der Waals surface area contributed by atoms with Crippen molar-refractivity contribution >= 4 is 33.0 Å². The van der Waals surface area contributed by atoms with E-state index in [1.165, 1.54) is 6.07 Å². The van der Waals surface area contributed by atoms with Gasteiger partial charge in [-0.1, -0.05) is 17.7 Å². The highest BCUT2D eigenvalue weighted by Gasteiger charge is 2.20.